The number of carbonyl (C=O) groups excluding carboxylic acids is 1. The lowest BCUT2D eigenvalue weighted by Crippen LogP contribution is -2.09. The number of ketones is 1. The Balaban J connectivity index is 1.57. The second-order valence-electron chi connectivity index (χ2n) is 7.19. The first-order valence-corrected chi connectivity index (χ1v) is 11.2. The lowest BCUT2D eigenvalue weighted by atomic mass is 9.95. The molecule has 1 atom stereocenters. The lowest BCUT2D eigenvalue weighted by molar-refractivity contribution is 0.103. The van der Waals surface area contributed by atoms with E-state index in [1.165, 1.54) is 0 Å². The van der Waals surface area contributed by atoms with E-state index in [1.54, 1.807) is 43.5 Å². The minimum absolute atomic E-state index is 0.00717. The molecule has 7 heteroatoms. The van der Waals surface area contributed by atoms with Crippen LogP contribution in [-0.2, 0) is 16.6 Å². The number of methoxy groups -OCH3 is 1. The molecule has 1 aliphatic heterocycles. The molecule has 0 saturated heterocycles. The van der Waals surface area contributed by atoms with Crippen LogP contribution in [0.5, 0.6) is 5.75 Å². The van der Waals surface area contributed by atoms with Gasteiger partial charge in [0, 0.05) is 29.4 Å². The normalized spacial score (nSPS) is 15.7. The van der Waals surface area contributed by atoms with E-state index >= 15 is 0 Å². The lowest BCUT2D eigenvalue weighted by Gasteiger charge is -2.11. The molecule has 2 aromatic carbocycles. The summed E-state index contributed by atoms with van der Waals surface area (Å²) in [5.74, 6) is 0.891. The van der Waals surface area contributed by atoms with E-state index in [0.29, 0.717) is 16.9 Å². The van der Waals surface area contributed by atoms with Gasteiger partial charge in [-0.1, -0.05) is 12.1 Å². The van der Waals surface area contributed by atoms with Crippen LogP contribution in [0.15, 0.2) is 60.7 Å². The van der Waals surface area contributed by atoms with Crippen LogP contribution in [0.25, 0.3) is 0 Å². The number of benzene rings is 2. The van der Waals surface area contributed by atoms with Gasteiger partial charge in [0.1, 0.15) is 5.75 Å². The average Bonchev–Trinajstić information content (AvgIpc) is 3.29. The third-order valence-corrected chi connectivity index (χ3v) is 5.82. The van der Waals surface area contributed by atoms with Gasteiger partial charge in [-0.25, -0.2) is 8.42 Å². The van der Waals surface area contributed by atoms with E-state index < -0.39 is 10.0 Å². The Hall–Kier alpha value is -3.06. The molecule has 0 bridgehead atoms. The second kappa shape index (κ2) is 7.40. The predicted octanol–water partition coefficient (Wildman–Crippen LogP) is 3.63. The number of anilines is 1. The Morgan fingerprint density at radius 3 is 2.34 bits per heavy atom. The van der Waals surface area contributed by atoms with Gasteiger partial charge in [-0.05, 0) is 60.5 Å². The number of rotatable bonds is 6. The molecule has 0 saturated carbocycles. The summed E-state index contributed by atoms with van der Waals surface area (Å²) in [6, 6.07) is 18.4. The standard InChI is InChI=1S/C22H22N2O4S/c1-28-18-9-5-16(6-10-18)22(25)21-12-11-20-19(13-14-24(20)21)15-3-7-17(8-4-15)23-29(2,26)27/h3-12,19,23H,13-14H2,1-2H3. The maximum Gasteiger partial charge on any atom is 0.229 e. The summed E-state index contributed by atoms with van der Waals surface area (Å²) in [5, 5.41) is 0. The molecule has 29 heavy (non-hydrogen) atoms. The molecule has 150 valence electrons. The van der Waals surface area contributed by atoms with Crippen LogP contribution >= 0.6 is 0 Å². The largest absolute Gasteiger partial charge is 0.497 e. The first kappa shape index (κ1) is 19.3. The van der Waals surface area contributed by atoms with Crippen molar-refractivity contribution in [3.8, 4) is 5.75 Å². The number of sulfonamides is 1. The van der Waals surface area contributed by atoms with E-state index in [0.717, 1.165) is 36.2 Å². The predicted molar refractivity (Wildman–Crippen MR) is 112 cm³/mol. The van der Waals surface area contributed by atoms with Crippen LogP contribution in [0, 0.1) is 0 Å². The number of carbonyl (C=O) groups is 1. The summed E-state index contributed by atoms with van der Waals surface area (Å²) >= 11 is 0. The van der Waals surface area contributed by atoms with E-state index in [-0.39, 0.29) is 11.7 Å². The van der Waals surface area contributed by atoms with Crippen LogP contribution in [0.4, 0.5) is 5.69 Å². The molecular weight excluding hydrogens is 388 g/mol. The summed E-state index contributed by atoms with van der Waals surface area (Å²) in [6.07, 6.45) is 2.03. The van der Waals surface area contributed by atoms with Gasteiger partial charge in [0.05, 0.1) is 19.1 Å². The topological polar surface area (TPSA) is 77.4 Å². The average molecular weight is 410 g/mol. The van der Waals surface area contributed by atoms with Gasteiger partial charge >= 0.3 is 0 Å². The van der Waals surface area contributed by atoms with E-state index in [9.17, 15) is 13.2 Å². The van der Waals surface area contributed by atoms with Crippen LogP contribution in [-0.4, -0.2) is 32.1 Å². The minimum atomic E-state index is -3.29. The monoisotopic (exact) mass is 410 g/mol. The summed E-state index contributed by atoms with van der Waals surface area (Å²) < 4.78 is 32.5. The highest BCUT2D eigenvalue weighted by atomic mass is 32.2. The third-order valence-electron chi connectivity index (χ3n) is 5.21. The smallest absolute Gasteiger partial charge is 0.229 e. The molecule has 0 aliphatic carbocycles. The van der Waals surface area contributed by atoms with Crippen molar-refractivity contribution in [2.24, 2.45) is 0 Å². The highest BCUT2D eigenvalue weighted by molar-refractivity contribution is 7.92. The third kappa shape index (κ3) is 3.91. The molecule has 3 aromatic rings. The van der Waals surface area contributed by atoms with Crippen LogP contribution in [0.3, 0.4) is 0 Å². The van der Waals surface area contributed by atoms with Gasteiger partial charge in [0.25, 0.3) is 0 Å². The van der Waals surface area contributed by atoms with Gasteiger partial charge in [-0.15, -0.1) is 0 Å². The zero-order valence-electron chi connectivity index (χ0n) is 16.3. The highest BCUT2D eigenvalue weighted by Crippen LogP contribution is 2.36. The van der Waals surface area contributed by atoms with Crippen molar-refractivity contribution in [3.05, 3.63) is 83.2 Å². The molecule has 1 unspecified atom stereocenters. The molecule has 1 aromatic heterocycles. The summed E-state index contributed by atoms with van der Waals surface area (Å²) in [5.41, 5.74) is 4.06. The van der Waals surface area contributed by atoms with Crippen molar-refractivity contribution in [1.29, 1.82) is 0 Å². The minimum Gasteiger partial charge on any atom is -0.497 e. The Labute approximate surface area is 170 Å². The molecule has 4 rings (SSSR count). The number of hydrogen-bond acceptors (Lipinski definition) is 4. The van der Waals surface area contributed by atoms with Gasteiger partial charge in [0.2, 0.25) is 15.8 Å². The molecular formula is C22H22N2O4S. The molecule has 0 radical (unpaired) electrons. The Bertz CT molecular complexity index is 1150. The second-order valence-corrected chi connectivity index (χ2v) is 8.94. The fourth-order valence-electron chi connectivity index (χ4n) is 3.87. The molecule has 0 amide bonds. The first-order valence-electron chi connectivity index (χ1n) is 9.31. The van der Waals surface area contributed by atoms with Crippen molar-refractivity contribution >= 4 is 21.5 Å². The summed E-state index contributed by atoms with van der Waals surface area (Å²) in [6.45, 7) is 0.771. The van der Waals surface area contributed by atoms with Gasteiger partial charge < -0.3 is 9.30 Å². The van der Waals surface area contributed by atoms with Crippen molar-refractivity contribution < 1.29 is 17.9 Å². The molecule has 0 fully saturated rings. The Morgan fingerprint density at radius 2 is 1.72 bits per heavy atom. The number of nitrogens with one attached hydrogen (secondary N) is 1. The van der Waals surface area contributed by atoms with Gasteiger partial charge in [0.15, 0.2) is 0 Å². The van der Waals surface area contributed by atoms with E-state index in [2.05, 4.69) is 9.29 Å². The zero-order chi connectivity index (χ0) is 20.6. The van der Waals surface area contributed by atoms with Crippen molar-refractivity contribution in [1.82, 2.24) is 4.57 Å². The van der Waals surface area contributed by atoms with Crippen LogP contribution in [0.1, 0.15) is 39.6 Å². The van der Waals surface area contributed by atoms with Crippen molar-refractivity contribution in [3.63, 3.8) is 0 Å². The first-order chi connectivity index (χ1) is 13.9. The summed E-state index contributed by atoms with van der Waals surface area (Å²) in [4.78, 5) is 13.0. The fourth-order valence-corrected chi connectivity index (χ4v) is 4.43. The molecule has 0 spiro atoms. The van der Waals surface area contributed by atoms with E-state index in [4.69, 9.17) is 4.74 Å². The van der Waals surface area contributed by atoms with Crippen LogP contribution in [0.2, 0.25) is 0 Å². The molecule has 2 heterocycles. The maximum atomic E-state index is 13.0. The number of hydrogen-bond donors (Lipinski definition) is 1. The van der Waals surface area contributed by atoms with Gasteiger partial charge in [-0.2, -0.15) is 0 Å². The number of aromatic nitrogens is 1. The number of ether oxygens (including phenoxy) is 1. The van der Waals surface area contributed by atoms with Crippen molar-refractivity contribution in [2.45, 2.75) is 18.9 Å². The van der Waals surface area contributed by atoms with Crippen LogP contribution < -0.4 is 9.46 Å². The quantitative estimate of drug-likeness (QED) is 0.630. The SMILES string of the molecule is COc1ccc(C(=O)c2ccc3n2CCC3c2ccc(NS(C)(=O)=O)cc2)cc1. The fraction of sp³-hybridized carbons (Fsp3) is 0.227. The van der Waals surface area contributed by atoms with Gasteiger partial charge in [-0.3, -0.25) is 9.52 Å². The number of fused-ring (bicyclic) bond motifs is 1. The Morgan fingerprint density at radius 1 is 1.03 bits per heavy atom. The Kier molecular flexibility index (Phi) is 4.92. The molecule has 6 nitrogen and oxygen atoms in total. The summed E-state index contributed by atoms with van der Waals surface area (Å²) in [7, 11) is -1.70. The van der Waals surface area contributed by atoms with E-state index in [1.807, 2.05) is 24.3 Å². The highest BCUT2D eigenvalue weighted by Gasteiger charge is 2.28. The maximum absolute atomic E-state index is 13.0. The number of nitrogens with zero attached hydrogens (tertiary/aromatic N) is 1. The molecule has 1 aliphatic rings. The molecule has 1 N–H and O–H groups in total. The zero-order valence-corrected chi connectivity index (χ0v) is 17.1. The van der Waals surface area contributed by atoms with Crippen molar-refractivity contribution in [2.75, 3.05) is 18.1 Å².